The Morgan fingerprint density at radius 3 is 2.52 bits per heavy atom. The van der Waals surface area contributed by atoms with E-state index in [0.717, 1.165) is 11.1 Å². The van der Waals surface area contributed by atoms with E-state index in [-0.39, 0.29) is 11.2 Å². The summed E-state index contributed by atoms with van der Waals surface area (Å²) in [4.78, 5) is 11.2. The van der Waals surface area contributed by atoms with Crippen molar-refractivity contribution in [2.45, 2.75) is 32.6 Å². The Morgan fingerprint density at radius 1 is 1.38 bits per heavy atom. The Labute approximate surface area is 126 Å². The highest BCUT2D eigenvalue weighted by Gasteiger charge is 2.25. The molecule has 4 nitrogen and oxygen atoms in total. The minimum absolute atomic E-state index is 0.0499. The molecule has 0 spiro atoms. The lowest BCUT2D eigenvalue weighted by Gasteiger charge is -2.20. The van der Waals surface area contributed by atoms with E-state index in [2.05, 4.69) is 10.4 Å². The monoisotopic (exact) mass is 315 g/mol. The molecule has 0 saturated carbocycles. The summed E-state index contributed by atoms with van der Waals surface area (Å²) in [7, 11) is 1.69. The summed E-state index contributed by atoms with van der Waals surface area (Å²) in [6.45, 7) is 6.08. The summed E-state index contributed by atoms with van der Waals surface area (Å²) in [5.41, 5.74) is 1.51. The summed E-state index contributed by atoms with van der Waals surface area (Å²) >= 11 is 6.17. The molecule has 0 fully saturated rings. The third-order valence-electron chi connectivity index (χ3n) is 3.19. The molecule has 0 aliphatic carbocycles. The number of alkyl halides is 2. The molecule has 21 heavy (non-hydrogen) atoms. The van der Waals surface area contributed by atoms with Crippen molar-refractivity contribution in [3.05, 3.63) is 22.7 Å². The second-order valence-corrected chi connectivity index (χ2v) is 6.24. The van der Waals surface area contributed by atoms with Gasteiger partial charge in [0.25, 0.3) is 5.91 Å². The molecule has 0 bridgehead atoms. The number of rotatable bonds is 2. The summed E-state index contributed by atoms with van der Waals surface area (Å²) in [5.74, 6) is -1.35. The van der Waals surface area contributed by atoms with Gasteiger partial charge in [0.1, 0.15) is 0 Å². The largest absolute Gasteiger partial charge is 0.315 e. The van der Waals surface area contributed by atoms with Crippen LogP contribution in [0.15, 0.2) is 12.1 Å². The quantitative estimate of drug-likeness (QED) is 0.918. The molecule has 0 aliphatic rings. The maximum absolute atomic E-state index is 12.4. The minimum Gasteiger partial charge on any atom is -0.304 e. The Bertz CT molecular complexity index is 704. The van der Waals surface area contributed by atoms with Gasteiger partial charge in [0.05, 0.1) is 15.9 Å². The molecule has 1 aromatic heterocycles. The van der Waals surface area contributed by atoms with Gasteiger partial charge >= 0.3 is 6.43 Å². The van der Waals surface area contributed by atoms with Crippen molar-refractivity contribution < 1.29 is 13.6 Å². The lowest BCUT2D eigenvalue weighted by Crippen LogP contribution is -2.20. The van der Waals surface area contributed by atoms with Crippen molar-refractivity contribution in [2.75, 3.05) is 5.32 Å². The van der Waals surface area contributed by atoms with Gasteiger partial charge in [-0.15, -0.1) is 0 Å². The number of hydrogen-bond donors (Lipinski definition) is 1. The summed E-state index contributed by atoms with van der Waals surface area (Å²) in [6.07, 6.45) is -3.10. The van der Waals surface area contributed by atoms with Crippen molar-refractivity contribution in [2.24, 2.45) is 7.05 Å². The highest BCUT2D eigenvalue weighted by molar-refractivity contribution is 6.36. The first-order valence-corrected chi connectivity index (χ1v) is 6.75. The van der Waals surface area contributed by atoms with E-state index < -0.39 is 12.3 Å². The van der Waals surface area contributed by atoms with Crippen LogP contribution in [0.25, 0.3) is 10.9 Å². The van der Waals surface area contributed by atoms with Gasteiger partial charge in [-0.1, -0.05) is 38.4 Å². The number of amides is 1. The van der Waals surface area contributed by atoms with Crippen LogP contribution < -0.4 is 5.32 Å². The van der Waals surface area contributed by atoms with Crippen molar-refractivity contribution in [1.29, 1.82) is 0 Å². The van der Waals surface area contributed by atoms with Gasteiger partial charge in [-0.2, -0.15) is 13.9 Å². The summed E-state index contributed by atoms with van der Waals surface area (Å²) < 4.78 is 26.4. The van der Waals surface area contributed by atoms with E-state index in [9.17, 15) is 13.6 Å². The molecule has 114 valence electrons. The van der Waals surface area contributed by atoms with Crippen molar-refractivity contribution in [3.63, 3.8) is 0 Å². The van der Waals surface area contributed by atoms with Gasteiger partial charge < -0.3 is 5.32 Å². The molecule has 2 aromatic rings. The number of fused-ring (bicyclic) bond motifs is 1. The molecule has 2 rings (SSSR count). The van der Waals surface area contributed by atoms with Crippen LogP contribution in [0.2, 0.25) is 5.02 Å². The number of carbonyl (C=O) groups is 1. The van der Waals surface area contributed by atoms with E-state index in [0.29, 0.717) is 10.4 Å². The molecule has 0 atom stereocenters. The average Bonchev–Trinajstić information content (AvgIpc) is 2.66. The number of anilines is 1. The Balaban J connectivity index is 2.69. The molecule has 7 heteroatoms. The zero-order valence-electron chi connectivity index (χ0n) is 12.2. The molecular formula is C14H16ClF2N3O. The zero-order chi connectivity index (χ0) is 15.9. The van der Waals surface area contributed by atoms with E-state index in [1.165, 1.54) is 0 Å². The molecule has 1 amide bonds. The van der Waals surface area contributed by atoms with Crippen molar-refractivity contribution >= 4 is 34.2 Å². The van der Waals surface area contributed by atoms with E-state index in [1.54, 1.807) is 17.8 Å². The SMILES string of the molecule is Cn1nc(NC(=O)C(F)F)c2c(Cl)ccc(C(C)(C)C)c21. The standard InChI is InChI=1S/C14H16ClF2N3O/c1-14(2,3)7-5-6-8(15)9-10(7)20(4)19-12(9)18-13(21)11(16)17/h5-6,11H,1-4H3,(H,18,19,21). The van der Waals surface area contributed by atoms with Crippen molar-refractivity contribution in [3.8, 4) is 0 Å². The number of benzene rings is 1. The fourth-order valence-electron chi connectivity index (χ4n) is 2.24. The van der Waals surface area contributed by atoms with Crippen LogP contribution in [-0.2, 0) is 17.3 Å². The fraction of sp³-hybridized carbons (Fsp3) is 0.429. The third kappa shape index (κ3) is 2.85. The first kappa shape index (κ1) is 15.7. The third-order valence-corrected chi connectivity index (χ3v) is 3.50. The van der Waals surface area contributed by atoms with Gasteiger partial charge in [-0.3, -0.25) is 9.48 Å². The van der Waals surface area contributed by atoms with Crippen LogP contribution in [0, 0.1) is 0 Å². The number of carbonyl (C=O) groups excluding carboxylic acids is 1. The van der Waals surface area contributed by atoms with Crippen LogP contribution >= 0.6 is 11.6 Å². The Morgan fingerprint density at radius 2 is 2.00 bits per heavy atom. The van der Waals surface area contributed by atoms with Crippen LogP contribution in [0.5, 0.6) is 0 Å². The molecular weight excluding hydrogens is 300 g/mol. The van der Waals surface area contributed by atoms with Gasteiger partial charge in [0.15, 0.2) is 5.82 Å². The summed E-state index contributed by atoms with van der Waals surface area (Å²) in [5, 5.41) is 7.06. The predicted octanol–water partition coefficient (Wildman–Crippen LogP) is 3.73. The van der Waals surface area contributed by atoms with Crippen molar-refractivity contribution in [1.82, 2.24) is 9.78 Å². The number of hydrogen-bond acceptors (Lipinski definition) is 2. The second-order valence-electron chi connectivity index (χ2n) is 5.83. The number of aromatic nitrogens is 2. The Hall–Kier alpha value is -1.69. The average molecular weight is 316 g/mol. The highest BCUT2D eigenvalue weighted by atomic mass is 35.5. The number of nitrogens with one attached hydrogen (secondary N) is 1. The number of halogens is 3. The predicted molar refractivity (Wildman–Crippen MR) is 79.1 cm³/mol. The normalized spacial score (nSPS) is 12.2. The maximum atomic E-state index is 12.4. The summed E-state index contributed by atoms with van der Waals surface area (Å²) in [6, 6.07) is 3.56. The van der Waals surface area contributed by atoms with Crippen LogP contribution in [0.3, 0.4) is 0 Å². The van der Waals surface area contributed by atoms with Crippen LogP contribution in [-0.4, -0.2) is 22.1 Å². The first-order valence-electron chi connectivity index (χ1n) is 6.37. The van der Waals surface area contributed by atoms with Crippen LogP contribution in [0.1, 0.15) is 26.3 Å². The van der Waals surface area contributed by atoms with E-state index >= 15 is 0 Å². The van der Waals surface area contributed by atoms with Crippen LogP contribution in [0.4, 0.5) is 14.6 Å². The highest BCUT2D eigenvalue weighted by Crippen LogP contribution is 2.37. The first-order chi connectivity index (χ1) is 9.62. The van der Waals surface area contributed by atoms with E-state index in [1.807, 2.05) is 26.8 Å². The molecule has 1 aromatic carbocycles. The topological polar surface area (TPSA) is 46.9 Å². The Kier molecular flexibility index (Phi) is 3.93. The molecule has 0 saturated heterocycles. The molecule has 0 aliphatic heterocycles. The molecule has 0 radical (unpaired) electrons. The fourth-order valence-corrected chi connectivity index (χ4v) is 2.48. The van der Waals surface area contributed by atoms with E-state index in [4.69, 9.17) is 11.6 Å². The minimum atomic E-state index is -3.10. The van der Waals surface area contributed by atoms with Gasteiger partial charge in [-0.05, 0) is 17.0 Å². The molecule has 1 N–H and O–H groups in total. The van der Waals surface area contributed by atoms with Gasteiger partial charge in [0.2, 0.25) is 0 Å². The molecule has 1 heterocycles. The maximum Gasteiger partial charge on any atom is 0.315 e. The smallest absolute Gasteiger partial charge is 0.304 e. The number of aryl methyl sites for hydroxylation is 1. The van der Waals surface area contributed by atoms with Gasteiger partial charge in [-0.25, -0.2) is 0 Å². The zero-order valence-corrected chi connectivity index (χ0v) is 12.9. The lowest BCUT2D eigenvalue weighted by atomic mass is 9.85. The lowest BCUT2D eigenvalue weighted by molar-refractivity contribution is -0.126. The second kappa shape index (κ2) is 5.26. The molecule has 0 unspecified atom stereocenters. The number of nitrogens with zero attached hydrogens (tertiary/aromatic N) is 2. The van der Waals surface area contributed by atoms with Gasteiger partial charge in [0, 0.05) is 7.05 Å².